The molecule has 0 amide bonds. The van der Waals surface area contributed by atoms with Gasteiger partial charge in [0.1, 0.15) is 17.2 Å². The highest BCUT2D eigenvalue weighted by Gasteiger charge is 2.18. The number of rotatable bonds is 3. The van der Waals surface area contributed by atoms with Crippen LogP contribution in [0, 0.1) is 0 Å². The second kappa shape index (κ2) is 4.81. The maximum Gasteiger partial charge on any atom is 0.153 e. The summed E-state index contributed by atoms with van der Waals surface area (Å²) in [4.78, 5) is 9.96. The molecular weight excluding hydrogens is 252 g/mol. The molecule has 2 heterocycles. The molecule has 6 nitrogen and oxygen atoms in total. The van der Waals surface area contributed by atoms with E-state index >= 15 is 0 Å². The first-order valence-corrected chi connectivity index (χ1v) is 5.86. The summed E-state index contributed by atoms with van der Waals surface area (Å²) in [5.74, 6) is 0.896. The lowest BCUT2D eigenvalue weighted by atomic mass is 10.1. The number of hydrogen-bond acceptors (Lipinski definition) is 5. The molecule has 0 saturated carbocycles. The monoisotopic (exact) mass is 266 g/mol. The van der Waals surface area contributed by atoms with Gasteiger partial charge in [-0.05, 0) is 6.92 Å². The van der Waals surface area contributed by atoms with Crippen LogP contribution in [-0.2, 0) is 7.05 Å². The van der Waals surface area contributed by atoms with Gasteiger partial charge in [-0.15, -0.1) is 0 Å². The Hall–Kier alpha value is -1.82. The van der Waals surface area contributed by atoms with E-state index in [1.165, 1.54) is 6.33 Å². The minimum Gasteiger partial charge on any atom is -0.382 e. The molecule has 0 aromatic carbocycles. The van der Waals surface area contributed by atoms with Crippen LogP contribution < -0.4 is 10.6 Å². The third-order valence-electron chi connectivity index (χ3n) is 2.92. The third-order valence-corrected chi connectivity index (χ3v) is 3.28. The van der Waals surface area contributed by atoms with Crippen molar-refractivity contribution in [1.82, 2.24) is 19.7 Å². The van der Waals surface area contributed by atoms with Gasteiger partial charge in [0.05, 0.1) is 12.2 Å². The minimum atomic E-state index is 0.0884. The van der Waals surface area contributed by atoms with Crippen molar-refractivity contribution in [3.63, 3.8) is 0 Å². The van der Waals surface area contributed by atoms with Crippen molar-refractivity contribution in [1.29, 1.82) is 0 Å². The van der Waals surface area contributed by atoms with Crippen LogP contribution in [0.4, 0.5) is 11.6 Å². The van der Waals surface area contributed by atoms with Crippen LogP contribution >= 0.6 is 11.6 Å². The van der Waals surface area contributed by atoms with Crippen molar-refractivity contribution in [2.24, 2.45) is 7.05 Å². The molecule has 0 aliphatic carbocycles. The quantitative estimate of drug-likeness (QED) is 0.914. The van der Waals surface area contributed by atoms with E-state index in [4.69, 9.17) is 17.3 Å². The largest absolute Gasteiger partial charge is 0.382 e. The summed E-state index contributed by atoms with van der Waals surface area (Å²) in [5.41, 5.74) is 6.75. The Kier molecular flexibility index (Phi) is 3.38. The maximum atomic E-state index is 6.11. The highest BCUT2D eigenvalue weighted by Crippen LogP contribution is 2.31. The van der Waals surface area contributed by atoms with Crippen molar-refractivity contribution >= 4 is 23.2 Å². The lowest BCUT2D eigenvalue weighted by molar-refractivity contribution is 0.723. The molecule has 0 spiro atoms. The van der Waals surface area contributed by atoms with Gasteiger partial charge in [0, 0.05) is 25.9 Å². The van der Waals surface area contributed by atoms with Crippen molar-refractivity contribution in [3.8, 4) is 0 Å². The predicted octanol–water partition coefficient (Wildman–Crippen LogP) is 1.64. The molecule has 1 unspecified atom stereocenters. The average molecular weight is 267 g/mol. The Labute approximate surface area is 110 Å². The number of anilines is 2. The van der Waals surface area contributed by atoms with E-state index in [9.17, 15) is 0 Å². The Bertz CT molecular complexity index is 552. The number of aryl methyl sites for hydroxylation is 1. The molecule has 0 fully saturated rings. The summed E-state index contributed by atoms with van der Waals surface area (Å²) in [6, 6.07) is 0.0884. The summed E-state index contributed by atoms with van der Waals surface area (Å²) >= 11 is 6.11. The number of nitrogen functional groups attached to an aromatic ring is 1. The second-order valence-electron chi connectivity index (χ2n) is 4.13. The highest BCUT2D eigenvalue weighted by molar-refractivity contribution is 6.35. The topological polar surface area (TPSA) is 72.9 Å². The first kappa shape index (κ1) is 12.6. The Balaban J connectivity index is 2.31. The van der Waals surface area contributed by atoms with Gasteiger partial charge in [-0.2, -0.15) is 5.10 Å². The van der Waals surface area contributed by atoms with Crippen LogP contribution in [0.2, 0.25) is 5.02 Å². The Morgan fingerprint density at radius 1 is 1.44 bits per heavy atom. The van der Waals surface area contributed by atoms with Gasteiger partial charge in [0.25, 0.3) is 0 Å². The summed E-state index contributed by atoms with van der Waals surface area (Å²) in [5, 5.41) is 4.52. The average Bonchev–Trinajstić information content (AvgIpc) is 2.77. The van der Waals surface area contributed by atoms with Crippen molar-refractivity contribution in [3.05, 3.63) is 29.3 Å². The van der Waals surface area contributed by atoms with Crippen LogP contribution in [-0.4, -0.2) is 26.8 Å². The van der Waals surface area contributed by atoms with Crippen LogP contribution in [0.5, 0.6) is 0 Å². The van der Waals surface area contributed by atoms with Crippen molar-refractivity contribution in [2.75, 3.05) is 17.7 Å². The van der Waals surface area contributed by atoms with E-state index in [2.05, 4.69) is 15.1 Å². The second-order valence-corrected chi connectivity index (χ2v) is 4.51. The van der Waals surface area contributed by atoms with Gasteiger partial charge in [-0.1, -0.05) is 11.6 Å². The molecule has 1 atom stereocenters. The fraction of sp³-hybridized carbons (Fsp3) is 0.364. The first-order chi connectivity index (χ1) is 8.50. The molecule has 0 bridgehead atoms. The molecule has 96 valence electrons. The Morgan fingerprint density at radius 2 is 2.17 bits per heavy atom. The SMILES string of the molecule is CC(c1cnn(C)c1)N(C)c1ncnc(N)c1Cl. The summed E-state index contributed by atoms with van der Waals surface area (Å²) in [6.07, 6.45) is 5.18. The van der Waals surface area contributed by atoms with E-state index in [0.717, 1.165) is 5.56 Å². The lowest BCUT2D eigenvalue weighted by Gasteiger charge is -2.25. The van der Waals surface area contributed by atoms with E-state index < -0.39 is 0 Å². The fourth-order valence-corrected chi connectivity index (χ4v) is 1.91. The molecule has 0 saturated heterocycles. The molecule has 2 aromatic heterocycles. The standard InChI is InChI=1S/C11H15ClN6/c1-7(8-4-16-17(2)5-8)18(3)11-9(12)10(13)14-6-15-11/h4-7H,1-3H3,(H2,13,14,15). The number of halogens is 1. The normalized spacial score (nSPS) is 12.4. The van der Waals surface area contributed by atoms with Crippen molar-refractivity contribution < 1.29 is 0 Å². The van der Waals surface area contributed by atoms with Gasteiger partial charge in [0.15, 0.2) is 5.82 Å². The Morgan fingerprint density at radius 3 is 2.78 bits per heavy atom. The van der Waals surface area contributed by atoms with E-state index in [0.29, 0.717) is 10.8 Å². The van der Waals surface area contributed by atoms with Gasteiger partial charge in [0.2, 0.25) is 0 Å². The lowest BCUT2D eigenvalue weighted by Crippen LogP contribution is -2.23. The summed E-state index contributed by atoms with van der Waals surface area (Å²) < 4.78 is 1.76. The molecule has 0 radical (unpaired) electrons. The van der Waals surface area contributed by atoms with Crippen molar-refractivity contribution in [2.45, 2.75) is 13.0 Å². The smallest absolute Gasteiger partial charge is 0.153 e. The number of aromatic nitrogens is 4. The molecule has 0 aliphatic rings. The number of hydrogen-bond donors (Lipinski definition) is 1. The van der Waals surface area contributed by atoms with E-state index in [-0.39, 0.29) is 11.9 Å². The maximum absolute atomic E-state index is 6.11. The zero-order chi connectivity index (χ0) is 13.3. The van der Waals surface area contributed by atoms with Gasteiger partial charge in [-0.3, -0.25) is 4.68 Å². The number of nitrogens with two attached hydrogens (primary N) is 1. The van der Waals surface area contributed by atoms with Crippen LogP contribution in [0.3, 0.4) is 0 Å². The molecule has 7 heteroatoms. The molecule has 2 rings (SSSR count). The molecule has 2 aromatic rings. The zero-order valence-corrected chi connectivity index (χ0v) is 11.3. The highest BCUT2D eigenvalue weighted by atomic mass is 35.5. The van der Waals surface area contributed by atoms with E-state index in [1.54, 1.807) is 4.68 Å². The van der Waals surface area contributed by atoms with Gasteiger partial charge >= 0.3 is 0 Å². The third kappa shape index (κ3) is 2.24. The predicted molar refractivity (Wildman–Crippen MR) is 71.5 cm³/mol. The molecular formula is C11H15ClN6. The van der Waals surface area contributed by atoms with Gasteiger partial charge < -0.3 is 10.6 Å². The van der Waals surface area contributed by atoms with Crippen LogP contribution in [0.25, 0.3) is 0 Å². The molecule has 18 heavy (non-hydrogen) atoms. The van der Waals surface area contributed by atoms with Gasteiger partial charge in [-0.25, -0.2) is 9.97 Å². The molecule has 0 aliphatic heterocycles. The van der Waals surface area contributed by atoms with Crippen LogP contribution in [0.1, 0.15) is 18.5 Å². The first-order valence-electron chi connectivity index (χ1n) is 5.48. The fourth-order valence-electron chi connectivity index (χ4n) is 1.68. The molecule has 2 N–H and O–H groups in total. The van der Waals surface area contributed by atoms with Crippen LogP contribution in [0.15, 0.2) is 18.7 Å². The zero-order valence-electron chi connectivity index (χ0n) is 10.5. The summed E-state index contributed by atoms with van der Waals surface area (Å²) in [7, 11) is 3.79. The van der Waals surface area contributed by atoms with E-state index in [1.807, 2.05) is 38.3 Å². The summed E-state index contributed by atoms with van der Waals surface area (Å²) in [6.45, 7) is 2.05. The number of nitrogens with zero attached hydrogens (tertiary/aromatic N) is 5. The minimum absolute atomic E-state index is 0.0884.